The first-order valence-electron chi connectivity index (χ1n) is 5.97. The van der Waals surface area contributed by atoms with E-state index in [2.05, 4.69) is 9.97 Å². The zero-order valence-corrected chi connectivity index (χ0v) is 11.7. The maximum atomic E-state index is 12.0. The molecule has 8 heteroatoms. The summed E-state index contributed by atoms with van der Waals surface area (Å²) in [5.74, 6) is 0.807. The van der Waals surface area contributed by atoms with Gasteiger partial charge in [-0.3, -0.25) is 14.5 Å². The van der Waals surface area contributed by atoms with E-state index in [1.807, 2.05) is 6.07 Å². The normalized spacial score (nSPS) is 18.1. The number of aromatic nitrogens is 2. The number of anilines is 2. The molecule has 0 saturated carbocycles. The lowest BCUT2D eigenvalue weighted by Crippen LogP contribution is -2.27. The molecule has 7 nitrogen and oxygen atoms in total. The molecule has 1 aromatic heterocycles. The van der Waals surface area contributed by atoms with Crippen molar-refractivity contribution in [2.24, 2.45) is 5.92 Å². The van der Waals surface area contributed by atoms with Gasteiger partial charge in [-0.1, -0.05) is 11.8 Å². The van der Waals surface area contributed by atoms with Crippen LogP contribution in [0, 0.1) is 17.2 Å². The number of hydrogen-bond acceptors (Lipinski definition) is 7. The van der Waals surface area contributed by atoms with Gasteiger partial charge in [0.2, 0.25) is 11.9 Å². The van der Waals surface area contributed by atoms with Crippen molar-refractivity contribution in [3.8, 4) is 6.07 Å². The molecule has 1 unspecified atom stereocenters. The van der Waals surface area contributed by atoms with Crippen LogP contribution in [0.25, 0.3) is 0 Å². The molecule has 2 N–H and O–H groups in total. The summed E-state index contributed by atoms with van der Waals surface area (Å²) in [5, 5.41) is 9.07. The van der Waals surface area contributed by atoms with Crippen molar-refractivity contribution in [1.29, 1.82) is 5.26 Å². The number of rotatable bonds is 3. The molecule has 0 radical (unpaired) electrons. The highest BCUT2D eigenvalue weighted by atomic mass is 32.2. The van der Waals surface area contributed by atoms with Crippen molar-refractivity contribution in [3.63, 3.8) is 0 Å². The summed E-state index contributed by atoms with van der Waals surface area (Å²) in [5.41, 5.74) is 5.73. The Hall–Kier alpha value is -2.14. The number of carbonyl (C=O) groups excluding carboxylic acids is 2. The van der Waals surface area contributed by atoms with Crippen molar-refractivity contribution in [3.05, 3.63) is 11.8 Å². The lowest BCUT2D eigenvalue weighted by atomic mass is 10.1. The van der Waals surface area contributed by atoms with Crippen molar-refractivity contribution in [2.45, 2.75) is 13.3 Å². The van der Waals surface area contributed by atoms with Crippen LogP contribution in [0.4, 0.5) is 11.8 Å². The van der Waals surface area contributed by atoms with Crippen molar-refractivity contribution in [1.82, 2.24) is 9.97 Å². The van der Waals surface area contributed by atoms with Gasteiger partial charge in [-0.05, 0) is 5.92 Å². The third-order valence-corrected chi connectivity index (χ3v) is 3.94. The fourth-order valence-corrected chi connectivity index (χ4v) is 2.70. The van der Waals surface area contributed by atoms with Crippen LogP contribution in [0.15, 0.2) is 6.20 Å². The van der Waals surface area contributed by atoms with Gasteiger partial charge >= 0.3 is 0 Å². The van der Waals surface area contributed by atoms with Crippen LogP contribution >= 0.6 is 11.8 Å². The molecular formula is C12H13N5O2S. The molecule has 1 aliphatic heterocycles. The monoisotopic (exact) mass is 291 g/mol. The van der Waals surface area contributed by atoms with E-state index in [1.54, 1.807) is 0 Å². The number of nitrogen functional groups attached to an aromatic ring is 1. The Morgan fingerprint density at radius 1 is 1.70 bits per heavy atom. The fourth-order valence-electron chi connectivity index (χ4n) is 2.00. The Bertz CT molecular complexity index is 598. The molecule has 0 aromatic carbocycles. The lowest BCUT2D eigenvalue weighted by Gasteiger charge is -2.16. The smallest absolute Gasteiger partial charge is 0.228 e. The van der Waals surface area contributed by atoms with Crippen LogP contribution in [0.1, 0.15) is 18.9 Å². The van der Waals surface area contributed by atoms with Crippen molar-refractivity contribution >= 4 is 34.6 Å². The van der Waals surface area contributed by atoms with Crippen LogP contribution in [0.2, 0.25) is 0 Å². The summed E-state index contributed by atoms with van der Waals surface area (Å²) >= 11 is 1.20. The molecule has 2 rings (SSSR count). The number of thioether (sulfide) groups is 1. The second kappa shape index (κ2) is 5.88. The molecule has 1 aliphatic rings. The largest absolute Gasteiger partial charge is 0.368 e. The molecule has 2 heterocycles. The predicted octanol–water partition coefficient (Wildman–Crippen LogP) is 0.563. The second-order valence-electron chi connectivity index (χ2n) is 4.45. The Morgan fingerprint density at radius 3 is 3.10 bits per heavy atom. The highest BCUT2D eigenvalue weighted by molar-refractivity contribution is 8.13. The molecule has 1 atom stereocenters. The number of carbonyl (C=O) groups is 2. The maximum absolute atomic E-state index is 12.0. The quantitative estimate of drug-likeness (QED) is 0.865. The minimum atomic E-state index is -0.117. The summed E-state index contributed by atoms with van der Waals surface area (Å²) in [6, 6.07) is 1.95. The standard InChI is InChI=1S/C12H13N5O2S/c1-7(18)20-6-8-2-10(19)17(5-8)11-9(3-13)4-15-12(14)16-11/h4,8H,2,5-6H2,1H3,(H2,14,15,16). The van der Waals surface area contributed by atoms with Gasteiger partial charge in [0, 0.05) is 25.6 Å². The van der Waals surface area contributed by atoms with Gasteiger partial charge in [-0.15, -0.1) is 0 Å². The van der Waals surface area contributed by atoms with Crippen LogP contribution < -0.4 is 10.6 Å². The lowest BCUT2D eigenvalue weighted by molar-refractivity contribution is -0.117. The number of amides is 1. The zero-order chi connectivity index (χ0) is 14.7. The molecule has 1 amide bonds. The summed E-state index contributed by atoms with van der Waals surface area (Å²) in [6.07, 6.45) is 1.65. The van der Waals surface area contributed by atoms with E-state index in [0.29, 0.717) is 18.7 Å². The molecule has 0 spiro atoms. The molecule has 1 aromatic rings. The average molecular weight is 291 g/mol. The Balaban J connectivity index is 2.18. The number of nitrogens with zero attached hydrogens (tertiary/aromatic N) is 4. The highest BCUT2D eigenvalue weighted by Gasteiger charge is 2.33. The predicted molar refractivity (Wildman–Crippen MR) is 74.8 cm³/mol. The molecule has 0 bridgehead atoms. The third kappa shape index (κ3) is 3.05. The minimum absolute atomic E-state index is 0.0216. The van der Waals surface area contributed by atoms with E-state index in [-0.39, 0.29) is 34.3 Å². The maximum Gasteiger partial charge on any atom is 0.228 e. The first kappa shape index (κ1) is 14.3. The van der Waals surface area contributed by atoms with Gasteiger partial charge < -0.3 is 5.73 Å². The Kier molecular flexibility index (Phi) is 4.20. The van der Waals surface area contributed by atoms with Crippen LogP contribution in [0.3, 0.4) is 0 Å². The number of hydrogen-bond donors (Lipinski definition) is 1. The van der Waals surface area contributed by atoms with Gasteiger partial charge in [0.15, 0.2) is 10.9 Å². The summed E-state index contributed by atoms with van der Waals surface area (Å²) in [7, 11) is 0. The molecular weight excluding hydrogens is 278 g/mol. The van der Waals surface area contributed by atoms with Crippen molar-refractivity contribution in [2.75, 3.05) is 22.9 Å². The SMILES string of the molecule is CC(=O)SCC1CC(=O)N(c2nc(N)ncc2C#N)C1. The molecule has 104 valence electrons. The Labute approximate surface area is 120 Å². The van der Waals surface area contributed by atoms with Crippen LogP contribution in [0.5, 0.6) is 0 Å². The van der Waals surface area contributed by atoms with Crippen molar-refractivity contribution < 1.29 is 9.59 Å². The summed E-state index contributed by atoms with van der Waals surface area (Å²) in [4.78, 5) is 32.2. The van der Waals surface area contributed by atoms with E-state index in [9.17, 15) is 9.59 Å². The van der Waals surface area contributed by atoms with Gasteiger partial charge in [0.05, 0.1) is 6.20 Å². The summed E-state index contributed by atoms with van der Waals surface area (Å²) < 4.78 is 0. The van der Waals surface area contributed by atoms with E-state index in [1.165, 1.54) is 29.8 Å². The number of nitrogens with two attached hydrogens (primary N) is 1. The third-order valence-electron chi connectivity index (χ3n) is 2.89. The Morgan fingerprint density at radius 2 is 2.45 bits per heavy atom. The van der Waals surface area contributed by atoms with Crippen LogP contribution in [-0.4, -0.2) is 33.3 Å². The van der Waals surface area contributed by atoms with Gasteiger partial charge in [-0.2, -0.15) is 10.2 Å². The second-order valence-corrected chi connectivity index (χ2v) is 5.65. The summed E-state index contributed by atoms with van der Waals surface area (Å²) in [6.45, 7) is 1.93. The van der Waals surface area contributed by atoms with Gasteiger partial charge in [-0.25, -0.2) is 4.98 Å². The topological polar surface area (TPSA) is 113 Å². The van der Waals surface area contributed by atoms with E-state index < -0.39 is 0 Å². The fraction of sp³-hybridized carbons (Fsp3) is 0.417. The molecule has 0 aliphatic carbocycles. The molecule has 1 fully saturated rings. The minimum Gasteiger partial charge on any atom is -0.368 e. The average Bonchev–Trinajstić information content (AvgIpc) is 2.77. The van der Waals surface area contributed by atoms with Crippen LogP contribution in [-0.2, 0) is 9.59 Å². The van der Waals surface area contributed by atoms with Gasteiger partial charge in [0.1, 0.15) is 11.6 Å². The number of nitriles is 1. The van der Waals surface area contributed by atoms with E-state index in [0.717, 1.165) is 0 Å². The molecule has 20 heavy (non-hydrogen) atoms. The first-order valence-corrected chi connectivity index (χ1v) is 6.96. The first-order chi connectivity index (χ1) is 9.51. The van der Waals surface area contributed by atoms with E-state index >= 15 is 0 Å². The highest BCUT2D eigenvalue weighted by Crippen LogP contribution is 2.28. The van der Waals surface area contributed by atoms with Gasteiger partial charge in [0.25, 0.3) is 0 Å². The zero-order valence-electron chi connectivity index (χ0n) is 10.9. The molecule has 1 saturated heterocycles. The van der Waals surface area contributed by atoms with E-state index in [4.69, 9.17) is 11.0 Å².